The predicted octanol–water partition coefficient (Wildman–Crippen LogP) is 0.874. The number of phenols is 1. The van der Waals surface area contributed by atoms with Gasteiger partial charge in [-0.15, -0.1) is 0 Å². The highest BCUT2D eigenvalue weighted by atomic mass is 16.5. The lowest BCUT2D eigenvalue weighted by Gasteiger charge is -2.15. The predicted molar refractivity (Wildman–Crippen MR) is 72.0 cm³/mol. The minimum Gasteiger partial charge on any atom is -0.504 e. The van der Waals surface area contributed by atoms with Gasteiger partial charge in [-0.25, -0.2) is 0 Å². The molecule has 0 aliphatic carbocycles. The Labute approximate surface area is 117 Å². The molecule has 1 aromatic heterocycles. The number of rotatable bonds is 6. The molecule has 0 aliphatic rings. The Hall–Kier alpha value is -2.12. The highest BCUT2D eigenvalue weighted by Gasteiger charge is 2.09. The first-order valence-corrected chi connectivity index (χ1v) is 6.18. The van der Waals surface area contributed by atoms with Gasteiger partial charge < -0.3 is 20.1 Å². The summed E-state index contributed by atoms with van der Waals surface area (Å²) in [4.78, 5) is 6.17. The highest BCUT2D eigenvalue weighted by molar-refractivity contribution is 5.41. The lowest BCUT2D eigenvalue weighted by Crippen LogP contribution is -2.18. The van der Waals surface area contributed by atoms with Gasteiger partial charge in [0.15, 0.2) is 17.3 Å². The van der Waals surface area contributed by atoms with Gasteiger partial charge in [-0.2, -0.15) is 4.98 Å². The zero-order chi connectivity index (χ0) is 14.5. The maximum atomic E-state index is 9.55. The molecule has 0 bridgehead atoms. The molecule has 2 aromatic rings. The number of benzene rings is 1. The molecule has 7 heteroatoms. The van der Waals surface area contributed by atoms with Gasteiger partial charge in [-0.05, 0) is 24.7 Å². The maximum absolute atomic E-state index is 9.55. The largest absolute Gasteiger partial charge is 0.504 e. The molecule has 0 unspecified atom stereocenters. The average molecular weight is 278 g/mol. The third-order valence-corrected chi connectivity index (χ3v) is 2.79. The number of nitrogens with zero attached hydrogens (tertiary/aromatic N) is 3. The molecular formula is C13H18N4O3. The number of aromatic hydroxyl groups is 1. The second kappa shape index (κ2) is 6.36. The molecule has 108 valence electrons. The van der Waals surface area contributed by atoms with E-state index in [1.165, 1.54) is 7.11 Å². The Balaban J connectivity index is 1.98. The van der Waals surface area contributed by atoms with Gasteiger partial charge in [-0.1, -0.05) is 11.2 Å². The summed E-state index contributed by atoms with van der Waals surface area (Å²) in [6, 6.07) is 5.26. The van der Waals surface area contributed by atoms with Gasteiger partial charge in [0, 0.05) is 6.54 Å². The number of methoxy groups -OCH3 is 1. The van der Waals surface area contributed by atoms with Crippen LogP contribution in [-0.2, 0) is 19.6 Å². The van der Waals surface area contributed by atoms with E-state index in [1.807, 2.05) is 18.0 Å². The molecule has 0 fully saturated rings. The molecule has 20 heavy (non-hydrogen) atoms. The zero-order valence-corrected chi connectivity index (χ0v) is 11.5. The van der Waals surface area contributed by atoms with Crippen LogP contribution in [0.2, 0.25) is 0 Å². The molecule has 2 rings (SSSR count). The molecule has 0 saturated heterocycles. The van der Waals surface area contributed by atoms with Crippen molar-refractivity contribution in [1.29, 1.82) is 0 Å². The molecule has 0 amide bonds. The van der Waals surface area contributed by atoms with E-state index in [1.54, 1.807) is 12.1 Å². The van der Waals surface area contributed by atoms with Crippen LogP contribution in [0.25, 0.3) is 0 Å². The van der Waals surface area contributed by atoms with Crippen LogP contribution in [0.5, 0.6) is 11.5 Å². The van der Waals surface area contributed by atoms with Gasteiger partial charge in [0.25, 0.3) is 0 Å². The van der Waals surface area contributed by atoms with Crippen molar-refractivity contribution in [3.8, 4) is 11.5 Å². The fourth-order valence-corrected chi connectivity index (χ4v) is 1.87. The standard InChI is InChI=1S/C13H18N4O3/c1-17(8-12-15-13(6-14)20-16-12)7-9-3-4-10(18)11(5-9)19-2/h3-5,18H,6-8,14H2,1-2H3. The molecule has 0 aliphatic heterocycles. The molecule has 3 N–H and O–H groups in total. The third-order valence-electron chi connectivity index (χ3n) is 2.79. The number of hydrogen-bond acceptors (Lipinski definition) is 7. The topological polar surface area (TPSA) is 97.6 Å². The van der Waals surface area contributed by atoms with Crippen molar-refractivity contribution >= 4 is 0 Å². The van der Waals surface area contributed by atoms with Gasteiger partial charge >= 0.3 is 0 Å². The number of phenolic OH excluding ortho intramolecular Hbond substituents is 1. The summed E-state index contributed by atoms with van der Waals surface area (Å²) in [5, 5.41) is 13.4. The summed E-state index contributed by atoms with van der Waals surface area (Å²) < 4.78 is 10.0. The van der Waals surface area contributed by atoms with Crippen molar-refractivity contribution in [3.05, 3.63) is 35.5 Å². The monoisotopic (exact) mass is 278 g/mol. The summed E-state index contributed by atoms with van der Waals surface area (Å²) in [6.45, 7) is 1.46. The van der Waals surface area contributed by atoms with E-state index < -0.39 is 0 Å². The van der Waals surface area contributed by atoms with Crippen LogP contribution >= 0.6 is 0 Å². The molecule has 1 heterocycles. The lowest BCUT2D eigenvalue weighted by atomic mass is 10.2. The first-order valence-electron chi connectivity index (χ1n) is 6.18. The summed E-state index contributed by atoms with van der Waals surface area (Å²) in [5.41, 5.74) is 6.43. The Kier molecular flexibility index (Phi) is 4.54. The van der Waals surface area contributed by atoms with E-state index in [0.717, 1.165) is 5.56 Å². The van der Waals surface area contributed by atoms with Crippen molar-refractivity contribution in [1.82, 2.24) is 15.0 Å². The minimum atomic E-state index is 0.129. The second-order valence-electron chi connectivity index (χ2n) is 4.49. The number of hydrogen-bond donors (Lipinski definition) is 2. The normalized spacial score (nSPS) is 11.0. The first kappa shape index (κ1) is 14.3. The molecule has 0 radical (unpaired) electrons. The van der Waals surface area contributed by atoms with Gasteiger partial charge in [0.1, 0.15) is 0 Å². The SMILES string of the molecule is COc1cc(CN(C)Cc2noc(CN)n2)ccc1O. The van der Waals surface area contributed by atoms with Crippen molar-refractivity contribution < 1.29 is 14.4 Å². The molecular weight excluding hydrogens is 260 g/mol. The highest BCUT2D eigenvalue weighted by Crippen LogP contribution is 2.26. The summed E-state index contributed by atoms with van der Waals surface area (Å²) in [5.74, 6) is 1.61. The number of aromatic nitrogens is 2. The Morgan fingerprint density at radius 1 is 1.40 bits per heavy atom. The smallest absolute Gasteiger partial charge is 0.240 e. The van der Waals surface area contributed by atoms with Crippen LogP contribution in [0.3, 0.4) is 0 Å². The van der Waals surface area contributed by atoms with Crippen LogP contribution in [-0.4, -0.2) is 34.3 Å². The number of ether oxygens (including phenoxy) is 1. The fraction of sp³-hybridized carbons (Fsp3) is 0.385. The van der Waals surface area contributed by atoms with E-state index >= 15 is 0 Å². The molecule has 1 aromatic carbocycles. The van der Waals surface area contributed by atoms with Crippen molar-refractivity contribution in [2.75, 3.05) is 14.2 Å². The summed E-state index contributed by atoms with van der Waals surface area (Å²) in [6.07, 6.45) is 0. The van der Waals surface area contributed by atoms with Crippen molar-refractivity contribution in [2.45, 2.75) is 19.6 Å². The van der Waals surface area contributed by atoms with E-state index in [9.17, 15) is 5.11 Å². The van der Waals surface area contributed by atoms with E-state index in [4.69, 9.17) is 15.0 Å². The quantitative estimate of drug-likeness (QED) is 0.809. The van der Waals surface area contributed by atoms with Crippen LogP contribution in [0.1, 0.15) is 17.3 Å². The average Bonchev–Trinajstić information content (AvgIpc) is 2.88. The van der Waals surface area contributed by atoms with Gasteiger partial charge in [0.2, 0.25) is 5.89 Å². The zero-order valence-electron chi connectivity index (χ0n) is 11.5. The van der Waals surface area contributed by atoms with Crippen molar-refractivity contribution in [3.63, 3.8) is 0 Å². The Morgan fingerprint density at radius 3 is 2.85 bits per heavy atom. The summed E-state index contributed by atoms with van der Waals surface area (Å²) >= 11 is 0. The Bertz CT molecular complexity index is 570. The lowest BCUT2D eigenvalue weighted by molar-refractivity contribution is 0.298. The first-order chi connectivity index (χ1) is 9.62. The molecule has 7 nitrogen and oxygen atoms in total. The van der Waals surface area contributed by atoms with Crippen molar-refractivity contribution in [2.24, 2.45) is 5.73 Å². The van der Waals surface area contributed by atoms with E-state index in [-0.39, 0.29) is 12.3 Å². The van der Waals surface area contributed by atoms with Crippen LogP contribution in [0.4, 0.5) is 0 Å². The molecule has 0 saturated carbocycles. The maximum Gasteiger partial charge on any atom is 0.240 e. The minimum absolute atomic E-state index is 0.129. The van der Waals surface area contributed by atoms with Gasteiger partial charge in [-0.3, -0.25) is 4.90 Å². The van der Waals surface area contributed by atoms with Gasteiger partial charge in [0.05, 0.1) is 20.2 Å². The van der Waals surface area contributed by atoms with Crippen LogP contribution in [0.15, 0.2) is 22.7 Å². The second-order valence-corrected chi connectivity index (χ2v) is 4.49. The summed E-state index contributed by atoms with van der Waals surface area (Å²) in [7, 11) is 3.47. The van der Waals surface area contributed by atoms with E-state index in [0.29, 0.717) is 30.6 Å². The fourth-order valence-electron chi connectivity index (χ4n) is 1.87. The molecule has 0 spiro atoms. The Morgan fingerprint density at radius 2 is 2.20 bits per heavy atom. The molecule has 0 atom stereocenters. The number of nitrogens with two attached hydrogens (primary N) is 1. The van der Waals surface area contributed by atoms with Crippen LogP contribution < -0.4 is 10.5 Å². The van der Waals surface area contributed by atoms with E-state index in [2.05, 4.69) is 10.1 Å². The van der Waals surface area contributed by atoms with Crippen LogP contribution in [0, 0.1) is 0 Å². The third kappa shape index (κ3) is 3.46.